The first-order valence-corrected chi connectivity index (χ1v) is 11.7. The largest absolute Gasteiger partial charge is 0.462 e. The molecule has 8 heteroatoms. The lowest BCUT2D eigenvalue weighted by molar-refractivity contribution is 0.0526. The number of carbonyl (C=O) groups is 2. The summed E-state index contributed by atoms with van der Waals surface area (Å²) in [6.45, 7) is 2.44. The average Bonchev–Trinajstić information content (AvgIpc) is 2.88. The fourth-order valence-corrected chi connectivity index (χ4v) is 4.14. The standard InChI is InChI=1S/C27H22ClN3O3S/c1-2-34-26(33)19-9-11-20(12-10-19)31(17-18-13-15-29-16-14-18)27(35)30-25(32)23-7-3-6-22-21(23)5-4-8-24(22)28/h3-16H,2,17H2,1H3,(H,30,32,35). The number of nitrogens with zero attached hydrogens (tertiary/aromatic N) is 2. The van der Waals surface area contributed by atoms with Crippen LogP contribution in [0.4, 0.5) is 5.69 Å². The van der Waals surface area contributed by atoms with Gasteiger partial charge in [0.1, 0.15) is 0 Å². The van der Waals surface area contributed by atoms with Crippen molar-refractivity contribution >= 4 is 57.3 Å². The van der Waals surface area contributed by atoms with E-state index in [0.29, 0.717) is 35.0 Å². The maximum Gasteiger partial charge on any atom is 0.338 e. The highest BCUT2D eigenvalue weighted by Crippen LogP contribution is 2.26. The number of amides is 1. The van der Waals surface area contributed by atoms with Gasteiger partial charge in [0.05, 0.1) is 18.7 Å². The van der Waals surface area contributed by atoms with Gasteiger partial charge in [-0.3, -0.25) is 15.1 Å². The molecule has 0 fully saturated rings. The molecule has 6 nitrogen and oxygen atoms in total. The minimum absolute atomic E-state index is 0.217. The number of hydrogen-bond donors (Lipinski definition) is 1. The van der Waals surface area contributed by atoms with Crippen LogP contribution in [0.1, 0.15) is 33.2 Å². The van der Waals surface area contributed by atoms with Crippen LogP contribution in [0.5, 0.6) is 0 Å². The van der Waals surface area contributed by atoms with Crippen molar-refractivity contribution < 1.29 is 14.3 Å². The number of hydrogen-bond acceptors (Lipinski definition) is 5. The van der Waals surface area contributed by atoms with Crippen LogP contribution in [0.2, 0.25) is 5.02 Å². The van der Waals surface area contributed by atoms with E-state index in [1.165, 1.54) is 0 Å². The van der Waals surface area contributed by atoms with Gasteiger partial charge in [0.15, 0.2) is 5.11 Å². The quantitative estimate of drug-likeness (QED) is 0.265. The van der Waals surface area contributed by atoms with Gasteiger partial charge in [-0.2, -0.15) is 0 Å². The van der Waals surface area contributed by atoms with Crippen LogP contribution in [0.25, 0.3) is 10.8 Å². The van der Waals surface area contributed by atoms with Crippen LogP contribution >= 0.6 is 23.8 Å². The summed E-state index contributed by atoms with van der Waals surface area (Å²) in [7, 11) is 0. The Kier molecular flexibility index (Phi) is 7.70. The SMILES string of the molecule is CCOC(=O)c1ccc(N(Cc2ccncc2)C(=S)NC(=O)c2cccc3c(Cl)cccc23)cc1. The highest BCUT2D eigenvalue weighted by molar-refractivity contribution is 7.80. The summed E-state index contributed by atoms with van der Waals surface area (Å²) in [4.78, 5) is 31.1. The molecule has 35 heavy (non-hydrogen) atoms. The monoisotopic (exact) mass is 503 g/mol. The maximum atomic E-state index is 13.2. The van der Waals surface area contributed by atoms with Crippen molar-refractivity contribution in [3.63, 3.8) is 0 Å². The lowest BCUT2D eigenvalue weighted by Gasteiger charge is -2.26. The third-order valence-corrected chi connectivity index (χ3v) is 6.01. The zero-order valence-electron chi connectivity index (χ0n) is 18.9. The minimum atomic E-state index is -0.398. The molecule has 0 atom stereocenters. The van der Waals surface area contributed by atoms with E-state index < -0.39 is 5.97 Å². The summed E-state index contributed by atoms with van der Waals surface area (Å²) in [6.07, 6.45) is 3.39. The topological polar surface area (TPSA) is 71.5 Å². The lowest BCUT2D eigenvalue weighted by Crippen LogP contribution is -2.42. The predicted octanol–water partition coefficient (Wildman–Crippen LogP) is 5.79. The van der Waals surface area contributed by atoms with E-state index in [9.17, 15) is 9.59 Å². The number of fused-ring (bicyclic) bond motifs is 1. The first-order valence-electron chi connectivity index (χ1n) is 10.9. The van der Waals surface area contributed by atoms with Crippen molar-refractivity contribution in [1.29, 1.82) is 0 Å². The predicted molar refractivity (Wildman–Crippen MR) is 142 cm³/mol. The molecule has 1 aromatic heterocycles. The number of rotatable bonds is 6. The normalized spacial score (nSPS) is 10.6. The summed E-state index contributed by atoms with van der Waals surface area (Å²) in [5, 5.41) is 5.16. The molecule has 0 aliphatic carbocycles. The highest BCUT2D eigenvalue weighted by Gasteiger charge is 2.19. The second-order valence-electron chi connectivity index (χ2n) is 7.61. The number of ether oxygens (including phenoxy) is 1. The molecule has 0 saturated carbocycles. The highest BCUT2D eigenvalue weighted by atomic mass is 35.5. The molecule has 0 bridgehead atoms. The third kappa shape index (κ3) is 5.65. The molecule has 4 aromatic rings. The number of benzene rings is 3. The van der Waals surface area contributed by atoms with Crippen LogP contribution in [-0.4, -0.2) is 28.6 Å². The van der Waals surface area contributed by atoms with Crippen molar-refractivity contribution in [3.8, 4) is 0 Å². The van der Waals surface area contributed by atoms with Gasteiger partial charge in [-0.25, -0.2) is 4.79 Å². The molecule has 1 amide bonds. The van der Waals surface area contributed by atoms with Crippen molar-refractivity contribution in [3.05, 3.63) is 107 Å². The number of halogens is 1. The van der Waals surface area contributed by atoms with E-state index in [1.54, 1.807) is 72.7 Å². The number of nitrogens with one attached hydrogen (secondary N) is 1. The molecule has 1 N–H and O–H groups in total. The van der Waals surface area contributed by atoms with Gasteiger partial charge < -0.3 is 9.64 Å². The Morgan fingerprint density at radius 3 is 2.37 bits per heavy atom. The van der Waals surface area contributed by atoms with Crippen LogP contribution in [0, 0.1) is 0 Å². The Balaban J connectivity index is 1.62. The number of carbonyl (C=O) groups excluding carboxylic acids is 2. The Labute approximate surface area is 213 Å². The summed E-state index contributed by atoms with van der Waals surface area (Å²) < 4.78 is 5.06. The smallest absolute Gasteiger partial charge is 0.338 e. The lowest BCUT2D eigenvalue weighted by atomic mass is 10.0. The molecule has 4 rings (SSSR count). The Bertz CT molecular complexity index is 1380. The molecule has 176 valence electrons. The van der Waals surface area contributed by atoms with Crippen LogP contribution in [0.3, 0.4) is 0 Å². The fraction of sp³-hybridized carbons (Fsp3) is 0.111. The fourth-order valence-electron chi connectivity index (χ4n) is 3.64. The van der Waals surface area contributed by atoms with Crippen molar-refractivity contribution in [2.24, 2.45) is 0 Å². The van der Waals surface area contributed by atoms with Gasteiger partial charge in [-0.05, 0) is 78.6 Å². The van der Waals surface area contributed by atoms with E-state index in [4.69, 9.17) is 28.6 Å². The van der Waals surface area contributed by atoms with Crippen LogP contribution in [0.15, 0.2) is 85.2 Å². The number of aromatic nitrogens is 1. The maximum absolute atomic E-state index is 13.2. The van der Waals surface area contributed by atoms with Gasteiger partial charge in [0.25, 0.3) is 5.91 Å². The molecule has 0 unspecified atom stereocenters. The van der Waals surface area contributed by atoms with Crippen molar-refractivity contribution in [2.75, 3.05) is 11.5 Å². The van der Waals surface area contributed by atoms with E-state index in [0.717, 1.165) is 16.3 Å². The van der Waals surface area contributed by atoms with E-state index >= 15 is 0 Å². The van der Waals surface area contributed by atoms with Gasteiger partial charge in [-0.15, -0.1) is 0 Å². The van der Waals surface area contributed by atoms with Gasteiger partial charge >= 0.3 is 5.97 Å². The molecular formula is C27H22ClN3O3S. The summed E-state index contributed by atoms with van der Waals surface area (Å²) in [5.74, 6) is -0.740. The molecule has 0 radical (unpaired) electrons. The molecule has 3 aromatic carbocycles. The first kappa shape index (κ1) is 24.3. The van der Waals surface area contributed by atoms with Gasteiger partial charge in [0, 0.05) is 34.1 Å². The zero-order valence-corrected chi connectivity index (χ0v) is 20.5. The zero-order chi connectivity index (χ0) is 24.8. The Hall–Kier alpha value is -3.81. The molecule has 0 aliphatic rings. The van der Waals surface area contributed by atoms with Crippen LogP contribution < -0.4 is 10.2 Å². The molecule has 0 saturated heterocycles. The Morgan fingerprint density at radius 1 is 0.971 bits per heavy atom. The number of anilines is 1. The summed E-state index contributed by atoms with van der Waals surface area (Å²) >= 11 is 12.0. The number of pyridine rings is 1. The van der Waals surface area contributed by atoms with E-state index in [1.807, 2.05) is 24.3 Å². The molecular weight excluding hydrogens is 482 g/mol. The number of esters is 1. The third-order valence-electron chi connectivity index (χ3n) is 5.36. The van der Waals surface area contributed by atoms with Crippen LogP contribution in [-0.2, 0) is 11.3 Å². The van der Waals surface area contributed by atoms with Gasteiger partial charge in [0.2, 0.25) is 0 Å². The summed E-state index contributed by atoms with van der Waals surface area (Å²) in [5.41, 5.74) is 2.56. The molecule has 1 heterocycles. The minimum Gasteiger partial charge on any atom is -0.462 e. The molecule has 0 spiro atoms. The first-order chi connectivity index (χ1) is 17.0. The summed E-state index contributed by atoms with van der Waals surface area (Å²) in [6, 6.07) is 21.4. The second kappa shape index (κ2) is 11.1. The average molecular weight is 504 g/mol. The van der Waals surface area contributed by atoms with E-state index in [-0.39, 0.29) is 11.0 Å². The number of thiocarbonyl (C=S) groups is 1. The van der Waals surface area contributed by atoms with Crippen molar-refractivity contribution in [1.82, 2.24) is 10.3 Å². The van der Waals surface area contributed by atoms with Crippen molar-refractivity contribution in [2.45, 2.75) is 13.5 Å². The molecule has 0 aliphatic heterocycles. The van der Waals surface area contributed by atoms with E-state index in [2.05, 4.69) is 10.3 Å². The second-order valence-corrected chi connectivity index (χ2v) is 8.40. The Morgan fingerprint density at radius 2 is 1.66 bits per heavy atom. The van der Waals surface area contributed by atoms with Gasteiger partial charge in [-0.1, -0.05) is 35.9 Å².